The van der Waals surface area contributed by atoms with E-state index in [1.807, 2.05) is 26.8 Å². The van der Waals surface area contributed by atoms with Gasteiger partial charge in [0.15, 0.2) is 0 Å². The summed E-state index contributed by atoms with van der Waals surface area (Å²) in [7, 11) is 0. The van der Waals surface area contributed by atoms with E-state index in [9.17, 15) is 4.79 Å². The summed E-state index contributed by atoms with van der Waals surface area (Å²) in [5.41, 5.74) is 9.95. The number of carbonyl (C=O) groups excluding carboxylic acids is 1. The van der Waals surface area contributed by atoms with Crippen LogP contribution in [0.15, 0.2) is 23.6 Å². The molecule has 1 fully saturated rings. The number of nitrogens with zero attached hydrogens (tertiary/aromatic N) is 4. The average Bonchev–Trinajstić information content (AvgIpc) is 2.49. The largest absolute Gasteiger partial charge is 0.444 e. The van der Waals surface area contributed by atoms with Crippen LogP contribution in [0.3, 0.4) is 0 Å². The number of hydrogen-bond acceptors (Lipinski definition) is 4. The molecule has 1 N–H and O–H groups in total. The van der Waals surface area contributed by atoms with Crippen molar-refractivity contribution >= 4 is 11.8 Å². The first kappa shape index (κ1) is 19.1. The van der Waals surface area contributed by atoms with Gasteiger partial charge in [0.25, 0.3) is 0 Å². The van der Waals surface area contributed by atoms with E-state index in [0.29, 0.717) is 5.69 Å². The highest BCUT2D eigenvalue weighted by molar-refractivity contribution is 5.85. The molecule has 7 heteroatoms. The van der Waals surface area contributed by atoms with Crippen LogP contribution in [0.2, 0.25) is 0 Å². The molecule has 0 unspecified atom stereocenters. The van der Waals surface area contributed by atoms with Crippen molar-refractivity contribution < 1.29 is 9.53 Å². The number of nitrogens with one attached hydrogen (secondary N) is 1. The molecule has 136 valence electrons. The van der Waals surface area contributed by atoms with E-state index < -0.39 is 11.7 Å². The molecule has 1 amide bonds. The molecule has 2 rings (SSSR count). The summed E-state index contributed by atoms with van der Waals surface area (Å²) in [6.07, 6.45) is 4.73. The molecule has 0 aromatic carbocycles. The van der Waals surface area contributed by atoms with Gasteiger partial charge in [0.05, 0.1) is 11.9 Å². The lowest BCUT2D eigenvalue weighted by molar-refractivity contribution is 0.0635. The van der Waals surface area contributed by atoms with Crippen LogP contribution in [-0.2, 0) is 4.74 Å². The fourth-order valence-corrected chi connectivity index (χ4v) is 3.65. The topological polar surface area (TPSA) is 100.0 Å². The summed E-state index contributed by atoms with van der Waals surface area (Å²) in [5.74, 6) is 0.850. The summed E-state index contributed by atoms with van der Waals surface area (Å²) in [6.45, 7) is 9.72. The minimum absolute atomic E-state index is 0.0188. The Morgan fingerprint density at radius 2 is 2.00 bits per heavy atom. The van der Waals surface area contributed by atoms with Crippen molar-refractivity contribution in [2.24, 2.45) is 17.0 Å². The first-order chi connectivity index (χ1) is 11.7. The first-order valence-electron chi connectivity index (χ1n) is 8.69. The second-order valence-electron chi connectivity index (χ2n) is 7.91. The first-order valence-corrected chi connectivity index (χ1v) is 8.69. The van der Waals surface area contributed by atoms with E-state index in [4.69, 9.17) is 10.3 Å². The lowest BCUT2D eigenvalue weighted by atomic mass is 9.71. The molecule has 1 saturated carbocycles. The van der Waals surface area contributed by atoms with Crippen LogP contribution >= 0.6 is 0 Å². The highest BCUT2D eigenvalue weighted by atomic mass is 16.6. The van der Waals surface area contributed by atoms with Crippen LogP contribution in [0.25, 0.3) is 10.4 Å². The van der Waals surface area contributed by atoms with Gasteiger partial charge in [0, 0.05) is 17.2 Å². The zero-order valence-corrected chi connectivity index (χ0v) is 15.6. The third-order valence-corrected chi connectivity index (χ3v) is 4.59. The van der Waals surface area contributed by atoms with Gasteiger partial charge in [0.1, 0.15) is 5.60 Å². The summed E-state index contributed by atoms with van der Waals surface area (Å²) >= 11 is 0. The van der Waals surface area contributed by atoms with E-state index >= 15 is 0 Å². The molecule has 1 aromatic rings. The third kappa shape index (κ3) is 5.10. The predicted molar refractivity (Wildman–Crippen MR) is 97.3 cm³/mol. The predicted octanol–water partition coefficient (Wildman–Crippen LogP) is 5.26. The van der Waals surface area contributed by atoms with Crippen molar-refractivity contribution in [1.29, 1.82) is 0 Å². The van der Waals surface area contributed by atoms with Crippen molar-refractivity contribution in [1.82, 2.24) is 4.98 Å². The van der Waals surface area contributed by atoms with Crippen LogP contribution in [0.4, 0.5) is 10.5 Å². The Balaban J connectivity index is 2.18. The third-order valence-electron chi connectivity index (χ3n) is 4.59. The number of pyridine rings is 1. The van der Waals surface area contributed by atoms with Gasteiger partial charge in [-0.25, -0.2) is 4.79 Å². The molecule has 1 aromatic heterocycles. The summed E-state index contributed by atoms with van der Waals surface area (Å²) in [5, 5.41) is 6.79. The molecule has 1 aliphatic carbocycles. The lowest BCUT2D eigenvalue weighted by Crippen LogP contribution is -2.32. The number of aromatic nitrogens is 1. The minimum atomic E-state index is -0.553. The molecule has 1 aliphatic rings. The molecule has 7 nitrogen and oxygen atoms in total. The monoisotopic (exact) mass is 345 g/mol. The number of amides is 1. The summed E-state index contributed by atoms with van der Waals surface area (Å²) in [4.78, 5) is 19.2. The van der Waals surface area contributed by atoms with Gasteiger partial charge >= 0.3 is 6.09 Å². The van der Waals surface area contributed by atoms with Gasteiger partial charge in [-0.3, -0.25) is 10.3 Å². The Labute approximate surface area is 148 Å². The fraction of sp³-hybridized carbons (Fsp3) is 0.667. The average molecular weight is 345 g/mol. The molecule has 0 radical (unpaired) electrons. The van der Waals surface area contributed by atoms with Gasteiger partial charge in [0.2, 0.25) is 0 Å². The zero-order chi connectivity index (χ0) is 18.6. The Kier molecular flexibility index (Phi) is 5.90. The maximum Gasteiger partial charge on any atom is 0.412 e. The van der Waals surface area contributed by atoms with Gasteiger partial charge in [-0.05, 0) is 68.5 Å². The van der Waals surface area contributed by atoms with Crippen molar-refractivity contribution in [2.75, 3.05) is 5.32 Å². The Hall–Kier alpha value is -2.27. The molecule has 0 aliphatic heterocycles. The molecule has 0 saturated heterocycles. The van der Waals surface area contributed by atoms with Crippen molar-refractivity contribution in [3.8, 4) is 0 Å². The Bertz CT molecular complexity index is 652. The standard InChI is InChI=1S/C18H27N5O2/c1-11-8-13(9-12(2)16(11)22-23-19)14-6-7-20-10-15(14)21-17(24)25-18(3,4)5/h6-7,10-13,16H,8-9H2,1-5H3,(H,21,24)/t11-,12+,13+,16-. The maximum atomic E-state index is 12.1. The van der Waals surface area contributed by atoms with E-state index in [-0.39, 0.29) is 23.8 Å². The number of hydrogen-bond donors (Lipinski definition) is 1. The second-order valence-corrected chi connectivity index (χ2v) is 7.91. The van der Waals surface area contributed by atoms with E-state index in [0.717, 1.165) is 18.4 Å². The molecule has 25 heavy (non-hydrogen) atoms. The van der Waals surface area contributed by atoms with E-state index in [1.165, 1.54) is 0 Å². The molecule has 4 atom stereocenters. The normalized spacial score (nSPS) is 26.4. The van der Waals surface area contributed by atoms with Crippen LogP contribution in [0.5, 0.6) is 0 Å². The van der Waals surface area contributed by atoms with E-state index in [2.05, 4.69) is 34.2 Å². The SMILES string of the molecule is C[C@@H]1C[C@H](c2ccncc2NC(=O)OC(C)(C)C)C[C@H](C)[C@@H]1N=[N+]=[N-]. The van der Waals surface area contributed by atoms with Gasteiger partial charge in [-0.15, -0.1) is 0 Å². The number of ether oxygens (including phenoxy) is 1. The van der Waals surface area contributed by atoms with Crippen molar-refractivity contribution in [2.45, 2.75) is 65.0 Å². The van der Waals surface area contributed by atoms with Gasteiger partial charge < -0.3 is 4.74 Å². The highest BCUT2D eigenvalue weighted by Gasteiger charge is 2.34. The lowest BCUT2D eigenvalue weighted by Gasteiger charge is -2.37. The van der Waals surface area contributed by atoms with Crippen molar-refractivity contribution in [3.05, 3.63) is 34.5 Å². The van der Waals surface area contributed by atoms with Crippen LogP contribution in [0, 0.1) is 11.8 Å². The maximum absolute atomic E-state index is 12.1. The van der Waals surface area contributed by atoms with Gasteiger partial charge in [-0.1, -0.05) is 19.0 Å². The molecular formula is C18H27N5O2. The van der Waals surface area contributed by atoms with Crippen molar-refractivity contribution in [3.63, 3.8) is 0 Å². The summed E-state index contributed by atoms with van der Waals surface area (Å²) in [6, 6.07) is 1.97. The highest BCUT2D eigenvalue weighted by Crippen LogP contribution is 2.42. The number of anilines is 1. The molecule has 0 spiro atoms. The zero-order valence-electron chi connectivity index (χ0n) is 15.6. The van der Waals surface area contributed by atoms with E-state index in [1.54, 1.807) is 12.4 Å². The Morgan fingerprint density at radius 3 is 2.56 bits per heavy atom. The van der Waals surface area contributed by atoms with Gasteiger partial charge in [-0.2, -0.15) is 0 Å². The second kappa shape index (κ2) is 7.74. The van der Waals surface area contributed by atoms with Crippen LogP contribution in [-0.4, -0.2) is 22.7 Å². The number of rotatable bonds is 3. The smallest absolute Gasteiger partial charge is 0.412 e. The number of carbonyl (C=O) groups is 1. The quantitative estimate of drug-likeness (QED) is 0.459. The Morgan fingerprint density at radius 1 is 1.36 bits per heavy atom. The number of azide groups is 1. The molecule has 0 bridgehead atoms. The fourth-order valence-electron chi connectivity index (χ4n) is 3.65. The molecular weight excluding hydrogens is 318 g/mol. The van der Waals surface area contributed by atoms with Crippen LogP contribution < -0.4 is 5.32 Å². The van der Waals surface area contributed by atoms with Crippen LogP contribution in [0.1, 0.15) is 58.9 Å². The minimum Gasteiger partial charge on any atom is -0.444 e. The summed E-state index contributed by atoms with van der Waals surface area (Å²) < 4.78 is 5.34. The molecule has 1 heterocycles.